The summed E-state index contributed by atoms with van der Waals surface area (Å²) in [6.45, 7) is 24.5. The van der Waals surface area contributed by atoms with Crippen LogP contribution in [0.3, 0.4) is 0 Å². The number of nitrogens with zero attached hydrogens (tertiary/aromatic N) is 2. The highest BCUT2D eigenvalue weighted by atomic mass is 16.6. The second-order valence-electron chi connectivity index (χ2n) is 11.3. The summed E-state index contributed by atoms with van der Waals surface area (Å²) < 4.78 is 12.2. The van der Waals surface area contributed by atoms with Gasteiger partial charge >= 0.3 is 6.09 Å². The van der Waals surface area contributed by atoms with Gasteiger partial charge in [0.15, 0.2) is 0 Å². The van der Waals surface area contributed by atoms with E-state index in [0.717, 1.165) is 35.3 Å². The number of amides is 2. The van der Waals surface area contributed by atoms with Crippen LogP contribution in [0.15, 0.2) is 54.6 Å². The summed E-state index contributed by atoms with van der Waals surface area (Å²) >= 11 is 0. The van der Waals surface area contributed by atoms with Crippen molar-refractivity contribution in [3.8, 4) is 5.75 Å². The zero-order chi connectivity index (χ0) is 32.6. The Balaban J connectivity index is 0.00000122. The number of ether oxygens (including phenoxy) is 2. The maximum absolute atomic E-state index is 12.8. The number of fused-ring (bicyclic) bond motifs is 1. The van der Waals surface area contributed by atoms with Gasteiger partial charge in [0.05, 0.1) is 0 Å². The van der Waals surface area contributed by atoms with Crippen LogP contribution in [0.5, 0.6) is 5.75 Å². The molecule has 0 saturated carbocycles. The second kappa shape index (κ2) is 18.4. The van der Waals surface area contributed by atoms with E-state index in [1.54, 1.807) is 4.90 Å². The molecule has 6 heteroatoms. The molecule has 2 amide bonds. The first-order valence-electron chi connectivity index (χ1n) is 16.4. The molecule has 1 atom stereocenters. The molecule has 0 bridgehead atoms. The van der Waals surface area contributed by atoms with Crippen LogP contribution < -0.4 is 4.74 Å². The minimum atomic E-state index is -0.521. The lowest BCUT2D eigenvalue weighted by molar-refractivity contribution is 0.0243. The third-order valence-corrected chi connectivity index (χ3v) is 6.88. The Morgan fingerprint density at radius 3 is 2.02 bits per heavy atom. The zero-order valence-electron chi connectivity index (χ0n) is 28.9. The molecule has 240 valence electrons. The van der Waals surface area contributed by atoms with Gasteiger partial charge in [-0.3, -0.25) is 4.79 Å². The minimum absolute atomic E-state index is 0.0513. The van der Waals surface area contributed by atoms with E-state index in [4.69, 9.17) is 9.47 Å². The lowest BCUT2D eigenvalue weighted by Gasteiger charge is -2.36. The van der Waals surface area contributed by atoms with Crippen LogP contribution in [0.1, 0.15) is 123 Å². The monoisotopic (exact) mass is 594 g/mol. The highest BCUT2D eigenvalue weighted by Crippen LogP contribution is 2.43. The predicted molar refractivity (Wildman–Crippen MR) is 181 cm³/mol. The van der Waals surface area contributed by atoms with E-state index in [9.17, 15) is 9.59 Å². The van der Waals surface area contributed by atoms with Gasteiger partial charge in [0.1, 0.15) is 17.0 Å². The average molecular weight is 595 g/mol. The molecule has 2 aliphatic rings. The van der Waals surface area contributed by atoms with E-state index in [-0.39, 0.29) is 12.0 Å². The number of carbonyl (C=O) groups excluding carboxylic acids is 2. The molecule has 1 unspecified atom stereocenters. The molecule has 1 saturated heterocycles. The van der Waals surface area contributed by atoms with Crippen molar-refractivity contribution in [1.82, 2.24) is 9.80 Å². The fraction of sp³-hybridized carbons (Fsp3) is 0.568. The van der Waals surface area contributed by atoms with E-state index in [1.807, 2.05) is 110 Å². The summed E-state index contributed by atoms with van der Waals surface area (Å²) in [6.07, 6.45) is 5.52. The first-order chi connectivity index (χ1) is 20.6. The molecule has 1 spiro atoms. The van der Waals surface area contributed by atoms with Crippen LogP contribution in [-0.4, -0.2) is 59.2 Å². The first-order valence-corrected chi connectivity index (χ1v) is 16.4. The quantitative estimate of drug-likeness (QED) is 0.354. The number of hydrogen-bond donors (Lipinski definition) is 0. The third kappa shape index (κ3) is 10.7. The summed E-state index contributed by atoms with van der Waals surface area (Å²) in [7, 11) is 0. The standard InChI is InChI=1S/C30H38N2O4.C3H8.2C2H6/c1-6-31(7-2)27(33)23-15-13-22(14-16-23)25-21-30(35-26-12-9-8-11-24(25)26)17-10-19-32(20-18-30)28(34)36-29(3,4)5;1-3-2;2*1-2/h8-9,11-16,21H,6-7,10,17-20H2,1-5H3;3H2,1-2H3;2*1-2H3. The Kier molecular flexibility index (Phi) is 16.2. The number of carbonyl (C=O) groups is 2. The van der Waals surface area contributed by atoms with Gasteiger partial charge in [-0.05, 0) is 82.9 Å². The number of para-hydroxylation sites is 1. The molecular formula is C37H58N2O4. The molecular weight excluding hydrogens is 536 g/mol. The van der Waals surface area contributed by atoms with Crippen molar-refractivity contribution in [3.05, 3.63) is 71.3 Å². The minimum Gasteiger partial charge on any atom is -0.482 e. The van der Waals surface area contributed by atoms with E-state index < -0.39 is 11.2 Å². The molecule has 4 rings (SSSR count). The fourth-order valence-electron chi connectivity index (χ4n) is 4.98. The molecule has 43 heavy (non-hydrogen) atoms. The Hall–Kier alpha value is -3.28. The van der Waals surface area contributed by atoms with Crippen molar-refractivity contribution in [2.45, 2.75) is 113 Å². The normalized spacial score (nSPS) is 17.1. The molecule has 2 heterocycles. The predicted octanol–water partition coefficient (Wildman–Crippen LogP) is 9.62. The van der Waals surface area contributed by atoms with Gasteiger partial charge in [0.2, 0.25) is 0 Å². The molecule has 6 nitrogen and oxygen atoms in total. The number of benzene rings is 2. The van der Waals surface area contributed by atoms with Gasteiger partial charge < -0.3 is 19.3 Å². The summed E-state index contributed by atoms with van der Waals surface area (Å²) in [6, 6.07) is 16.0. The summed E-state index contributed by atoms with van der Waals surface area (Å²) in [5.41, 5.74) is 2.86. The summed E-state index contributed by atoms with van der Waals surface area (Å²) in [4.78, 5) is 29.1. The van der Waals surface area contributed by atoms with Crippen LogP contribution in [0.25, 0.3) is 5.57 Å². The van der Waals surface area contributed by atoms with Crippen molar-refractivity contribution >= 4 is 17.6 Å². The Morgan fingerprint density at radius 1 is 0.884 bits per heavy atom. The molecule has 2 aromatic rings. The van der Waals surface area contributed by atoms with E-state index in [2.05, 4.69) is 26.0 Å². The van der Waals surface area contributed by atoms with Crippen molar-refractivity contribution in [1.29, 1.82) is 0 Å². The van der Waals surface area contributed by atoms with Crippen molar-refractivity contribution in [3.63, 3.8) is 0 Å². The molecule has 2 aromatic carbocycles. The number of hydrogen-bond acceptors (Lipinski definition) is 4. The Bertz CT molecular complexity index is 1150. The van der Waals surface area contributed by atoms with Crippen molar-refractivity contribution in [2.75, 3.05) is 26.2 Å². The van der Waals surface area contributed by atoms with Crippen LogP contribution in [-0.2, 0) is 4.74 Å². The van der Waals surface area contributed by atoms with Gasteiger partial charge in [0, 0.05) is 43.7 Å². The zero-order valence-corrected chi connectivity index (χ0v) is 28.9. The van der Waals surface area contributed by atoms with Crippen molar-refractivity contribution < 1.29 is 19.1 Å². The highest BCUT2D eigenvalue weighted by Gasteiger charge is 2.39. The smallest absolute Gasteiger partial charge is 0.410 e. The topological polar surface area (TPSA) is 59.1 Å². The summed E-state index contributed by atoms with van der Waals surface area (Å²) in [5, 5.41) is 0. The first kappa shape index (κ1) is 37.7. The van der Waals surface area contributed by atoms with Gasteiger partial charge in [-0.15, -0.1) is 0 Å². The maximum atomic E-state index is 12.8. The van der Waals surface area contributed by atoms with Crippen LogP contribution in [0.2, 0.25) is 0 Å². The van der Waals surface area contributed by atoms with Crippen LogP contribution in [0.4, 0.5) is 4.79 Å². The number of rotatable bonds is 4. The number of likely N-dealkylation sites (tertiary alicyclic amines) is 1. The largest absolute Gasteiger partial charge is 0.482 e. The van der Waals surface area contributed by atoms with E-state index in [0.29, 0.717) is 38.2 Å². The molecule has 1 fully saturated rings. The van der Waals surface area contributed by atoms with Crippen molar-refractivity contribution in [2.24, 2.45) is 0 Å². The lowest BCUT2D eigenvalue weighted by Crippen LogP contribution is -2.40. The fourth-order valence-corrected chi connectivity index (χ4v) is 4.98. The van der Waals surface area contributed by atoms with Crippen LogP contribution in [0, 0.1) is 0 Å². The average Bonchev–Trinajstić information content (AvgIpc) is 3.21. The Morgan fingerprint density at radius 2 is 1.47 bits per heavy atom. The summed E-state index contributed by atoms with van der Waals surface area (Å²) in [5.74, 6) is 0.902. The van der Waals surface area contributed by atoms with E-state index in [1.165, 1.54) is 6.42 Å². The maximum Gasteiger partial charge on any atom is 0.410 e. The molecule has 2 aliphatic heterocycles. The molecule has 0 radical (unpaired) electrons. The molecule has 0 N–H and O–H groups in total. The van der Waals surface area contributed by atoms with Gasteiger partial charge in [0.25, 0.3) is 5.91 Å². The SMILES string of the molecule is CC.CC.CCC.CCN(CC)C(=O)c1ccc(C2=CC3(CCCN(C(=O)OC(C)(C)C)CC3)Oc3ccccc32)cc1. The molecule has 0 aliphatic carbocycles. The molecule has 0 aromatic heterocycles. The van der Waals surface area contributed by atoms with Crippen LogP contribution >= 0.6 is 0 Å². The Labute approximate surface area is 262 Å². The van der Waals surface area contributed by atoms with Gasteiger partial charge in [-0.25, -0.2) is 4.79 Å². The van der Waals surface area contributed by atoms with E-state index >= 15 is 0 Å². The van der Waals surface area contributed by atoms with Gasteiger partial charge in [-0.1, -0.05) is 78.3 Å². The second-order valence-corrected chi connectivity index (χ2v) is 11.3. The lowest BCUT2D eigenvalue weighted by atomic mass is 9.84. The third-order valence-electron chi connectivity index (χ3n) is 6.88. The van der Waals surface area contributed by atoms with Gasteiger partial charge in [-0.2, -0.15) is 0 Å². The highest BCUT2D eigenvalue weighted by molar-refractivity contribution is 5.95.